The van der Waals surface area contributed by atoms with Gasteiger partial charge in [-0.05, 0) is 32.6 Å². The molecule has 2 N–H and O–H groups in total. The fraction of sp³-hybridized carbons (Fsp3) is 0.938. The number of nitrogens with two attached hydrogens (primary N) is 1. The minimum absolute atomic E-state index is 0.177. The molecule has 1 aliphatic heterocycles. The Morgan fingerprint density at radius 3 is 2.40 bits per heavy atom. The predicted molar refractivity (Wildman–Crippen MR) is 80.5 cm³/mol. The number of primary amides is 1. The minimum Gasteiger partial charge on any atom is -0.381 e. The summed E-state index contributed by atoms with van der Waals surface area (Å²) in [6, 6.07) is 0. The van der Waals surface area contributed by atoms with Crippen molar-refractivity contribution in [2.45, 2.75) is 83.3 Å². The summed E-state index contributed by atoms with van der Waals surface area (Å²) in [5.74, 6) is -0.177. The Morgan fingerprint density at radius 2 is 1.75 bits per heavy atom. The van der Waals surface area contributed by atoms with Crippen LogP contribution in [0.2, 0.25) is 0 Å². The van der Waals surface area contributed by atoms with Gasteiger partial charge in [0, 0.05) is 19.6 Å². The first-order chi connectivity index (χ1) is 9.68. The summed E-state index contributed by atoms with van der Waals surface area (Å²) in [5, 5.41) is 0. The van der Waals surface area contributed by atoms with E-state index in [0.717, 1.165) is 45.3 Å². The molecule has 1 unspecified atom stereocenters. The Morgan fingerprint density at radius 1 is 1.15 bits per heavy atom. The van der Waals surface area contributed by atoms with E-state index in [0.29, 0.717) is 18.6 Å². The van der Waals surface area contributed by atoms with E-state index in [1.807, 2.05) is 0 Å². The Kier molecular flexibility index (Phi) is 9.67. The van der Waals surface area contributed by atoms with Gasteiger partial charge in [-0.2, -0.15) is 0 Å². The SMILES string of the molecule is CC(CCCCCCCCC(N)=O)OC1CCOCC1. The molecule has 1 saturated heterocycles. The van der Waals surface area contributed by atoms with Gasteiger partial charge in [-0.1, -0.05) is 32.1 Å². The van der Waals surface area contributed by atoms with E-state index >= 15 is 0 Å². The zero-order valence-electron chi connectivity index (χ0n) is 12.9. The summed E-state index contributed by atoms with van der Waals surface area (Å²) in [6.45, 7) is 3.88. The summed E-state index contributed by atoms with van der Waals surface area (Å²) in [7, 11) is 0. The topological polar surface area (TPSA) is 61.6 Å². The average Bonchev–Trinajstić information content (AvgIpc) is 2.42. The summed E-state index contributed by atoms with van der Waals surface area (Å²) >= 11 is 0. The molecule has 0 aromatic carbocycles. The zero-order chi connectivity index (χ0) is 14.6. The maximum Gasteiger partial charge on any atom is 0.217 e. The minimum atomic E-state index is -0.177. The quantitative estimate of drug-likeness (QED) is 0.593. The smallest absolute Gasteiger partial charge is 0.217 e. The summed E-state index contributed by atoms with van der Waals surface area (Å²) in [5.41, 5.74) is 5.10. The molecule has 0 aromatic heterocycles. The third kappa shape index (κ3) is 9.32. The number of unbranched alkanes of at least 4 members (excludes halogenated alkanes) is 5. The van der Waals surface area contributed by atoms with Gasteiger partial charge < -0.3 is 15.2 Å². The summed E-state index contributed by atoms with van der Waals surface area (Å²) in [6.07, 6.45) is 11.6. The van der Waals surface area contributed by atoms with Gasteiger partial charge in [0.15, 0.2) is 0 Å². The standard InChI is InChI=1S/C16H31NO3/c1-14(20-15-10-12-19-13-11-15)8-6-4-2-3-5-7-9-16(17)18/h14-15H,2-13H2,1H3,(H2,17,18). The zero-order valence-corrected chi connectivity index (χ0v) is 12.9. The largest absolute Gasteiger partial charge is 0.381 e. The first-order valence-electron chi connectivity index (χ1n) is 8.20. The molecule has 0 bridgehead atoms. The fourth-order valence-corrected chi connectivity index (χ4v) is 2.65. The van der Waals surface area contributed by atoms with Gasteiger partial charge in [-0.25, -0.2) is 0 Å². The highest BCUT2D eigenvalue weighted by molar-refractivity contribution is 5.73. The van der Waals surface area contributed by atoms with Gasteiger partial charge in [0.25, 0.3) is 0 Å². The van der Waals surface area contributed by atoms with Crippen LogP contribution >= 0.6 is 0 Å². The highest BCUT2D eigenvalue weighted by atomic mass is 16.5. The van der Waals surface area contributed by atoms with E-state index in [-0.39, 0.29) is 5.91 Å². The van der Waals surface area contributed by atoms with Gasteiger partial charge >= 0.3 is 0 Å². The van der Waals surface area contributed by atoms with Crippen LogP contribution in [-0.2, 0) is 14.3 Å². The maximum atomic E-state index is 10.6. The van der Waals surface area contributed by atoms with Crippen LogP contribution in [0.15, 0.2) is 0 Å². The number of rotatable bonds is 11. The molecule has 0 spiro atoms. The summed E-state index contributed by atoms with van der Waals surface area (Å²) < 4.78 is 11.4. The van der Waals surface area contributed by atoms with Crippen molar-refractivity contribution >= 4 is 5.91 Å². The molecule has 4 heteroatoms. The van der Waals surface area contributed by atoms with Gasteiger partial charge in [0.2, 0.25) is 5.91 Å². The molecule has 20 heavy (non-hydrogen) atoms. The van der Waals surface area contributed by atoms with Crippen molar-refractivity contribution in [2.24, 2.45) is 5.73 Å². The third-order valence-electron chi connectivity index (χ3n) is 3.88. The number of hydrogen-bond donors (Lipinski definition) is 1. The normalized spacial score (nSPS) is 18.1. The molecular formula is C16H31NO3. The molecular weight excluding hydrogens is 254 g/mol. The Labute approximate surface area is 123 Å². The molecule has 0 radical (unpaired) electrons. The van der Waals surface area contributed by atoms with Gasteiger partial charge in [-0.15, -0.1) is 0 Å². The second-order valence-corrected chi connectivity index (χ2v) is 5.88. The first-order valence-corrected chi connectivity index (χ1v) is 8.20. The number of carbonyl (C=O) groups is 1. The van der Waals surface area contributed by atoms with Crippen LogP contribution in [0, 0.1) is 0 Å². The second-order valence-electron chi connectivity index (χ2n) is 5.88. The van der Waals surface area contributed by atoms with Crippen LogP contribution < -0.4 is 5.73 Å². The molecule has 0 aromatic rings. The maximum absolute atomic E-state index is 10.6. The molecule has 1 fully saturated rings. The van der Waals surface area contributed by atoms with E-state index in [2.05, 4.69) is 6.92 Å². The lowest BCUT2D eigenvalue weighted by atomic mass is 10.1. The number of hydrogen-bond acceptors (Lipinski definition) is 3. The van der Waals surface area contributed by atoms with Crippen molar-refractivity contribution < 1.29 is 14.3 Å². The van der Waals surface area contributed by atoms with Crippen molar-refractivity contribution in [1.29, 1.82) is 0 Å². The predicted octanol–water partition coefficient (Wildman–Crippen LogP) is 3.18. The lowest BCUT2D eigenvalue weighted by Crippen LogP contribution is -2.27. The van der Waals surface area contributed by atoms with Crippen LogP contribution in [0.1, 0.15) is 71.1 Å². The highest BCUT2D eigenvalue weighted by Gasteiger charge is 2.16. The van der Waals surface area contributed by atoms with Crippen molar-refractivity contribution in [3.05, 3.63) is 0 Å². The van der Waals surface area contributed by atoms with Crippen LogP contribution in [0.25, 0.3) is 0 Å². The van der Waals surface area contributed by atoms with E-state index in [1.54, 1.807) is 0 Å². The van der Waals surface area contributed by atoms with E-state index in [4.69, 9.17) is 15.2 Å². The Bertz CT molecular complexity index is 252. The monoisotopic (exact) mass is 285 g/mol. The fourth-order valence-electron chi connectivity index (χ4n) is 2.65. The highest BCUT2D eigenvalue weighted by Crippen LogP contribution is 2.16. The van der Waals surface area contributed by atoms with Crippen LogP contribution in [0.3, 0.4) is 0 Å². The lowest BCUT2D eigenvalue weighted by Gasteiger charge is -2.25. The third-order valence-corrected chi connectivity index (χ3v) is 3.88. The second kappa shape index (κ2) is 11.1. The van der Waals surface area contributed by atoms with Gasteiger partial charge in [0.1, 0.15) is 0 Å². The summed E-state index contributed by atoms with van der Waals surface area (Å²) in [4.78, 5) is 10.6. The van der Waals surface area contributed by atoms with Crippen molar-refractivity contribution in [1.82, 2.24) is 0 Å². The van der Waals surface area contributed by atoms with Crippen LogP contribution in [0.5, 0.6) is 0 Å². The first kappa shape index (κ1) is 17.4. The van der Waals surface area contributed by atoms with Crippen LogP contribution in [0.4, 0.5) is 0 Å². The molecule has 118 valence electrons. The molecule has 1 heterocycles. The van der Waals surface area contributed by atoms with Crippen molar-refractivity contribution in [3.8, 4) is 0 Å². The molecule has 1 aliphatic rings. The molecule has 1 rings (SSSR count). The van der Waals surface area contributed by atoms with Gasteiger partial charge in [-0.3, -0.25) is 4.79 Å². The van der Waals surface area contributed by atoms with Crippen LogP contribution in [-0.4, -0.2) is 31.3 Å². The molecule has 0 aliphatic carbocycles. The Hall–Kier alpha value is -0.610. The lowest BCUT2D eigenvalue weighted by molar-refractivity contribution is -0.118. The van der Waals surface area contributed by atoms with E-state index in [1.165, 1.54) is 25.7 Å². The molecule has 1 atom stereocenters. The average molecular weight is 285 g/mol. The molecule has 1 amide bonds. The van der Waals surface area contributed by atoms with Gasteiger partial charge in [0.05, 0.1) is 12.2 Å². The number of carbonyl (C=O) groups excluding carboxylic acids is 1. The number of amides is 1. The van der Waals surface area contributed by atoms with Crippen molar-refractivity contribution in [3.63, 3.8) is 0 Å². The molecule has 0 saturated carbocycles. The van der Waals surface area contributed by atoms with E-state index in [9.17, 15) is 4.79 Å². The van der Waals surface area contributed by atoms with Crippen molar-refractivity contribution in [2.75, 3.05) is 13.2 Å². The molecule has 4 nitrogen and oxygen atoms in total. The number of ether oxygens (including phenoxy) is 2. The van der Waals surface area contributed by atoms with E-state index < -0.39 is 0 Å². The Balaban J connectivity index is 1.86.